The maximum Gasteiger partial charge on any atom is 0.308 e. The maximum absolute atomic E-state index is 13.2. The van der Waals surface area contributed by atoms with Crippen LogP contribution in [0.1, 0.15) is 18.4 Å². The van der Waals surface area contributed by atoms with E-state index in [-0.39, 0.29) is 29.1 Å². The first kappa shape index (κ1) is 22.0. The van der Waals surface area contributed by atoms with E-state index in [0.717, 1.165) is 5.56 Å². The molecule has 1 aliphatic heterocycles. The third kappa shape index (κ3) is 4.52. The van der Waals surface area contributed by atoms with E-state index in [2.05, 4.69) is 9.97 Å². The zero-order valence-electron chi connectivity index (χ0n) is 18.0. The second-order valence-corrected chi connectivity index (χ2v) is 8.66. The summed E-state index contributed by atoms with van der Waals surface area (Å²) in [5.74, 6) is 0.175. The highest BCUT2D eigenvalue weighted by Gasteiger charge is 2.28. The normalized spacial score (nSPS) is 14.5. The van der Waals surface area contributed by atoms with E-state index >= 15 is 0 Å². The molecule has 0 atom stereocenters. The molecule has 3 heterocycles. The van der Waals surface area contributed by atoms with Crippen LogP contribution in [0.4, 0.5) is 0 Å². The number of aromatic nitrogens is 3. The molecule has 1 aliphatic rings. The number of hydrogen-bond acceptors (Lipinski definition) is 7. The first-order valence-electron chi connectivity index (χ1n) is 10.4. The quantitative estimate of drug-likeness (QED) is 0.334. The zero-order chi connectivity index (χ0) is 22.7. The van der Waals surface area contributed by atoms with Crippen LogP contribution in [0, 0.1) is 12.8 Å². The van der Waals surface area contributed by atoms with Gasteiger partial charge < -0.3 is 9.64 Å². The van der Waals surface area contributed by atoms with Gasteiger partial charge >= 0.3 is 5.97 Å². The number of para-hydroxylation sites is 1. The average molecular weight is 453 g/mol. The molecule has 0 bridgehead atoms. The Kier molecular flexibility index (Phi) is 6.55. The molecule has 8 nitrogen and oxygen atoms in total. The van der Waals surface area contributed by atoms with Crippen molar-refractivity contribution in [2.75, 3.05) is 26.0 Å². The highest BCUT2D eigenvalue weighted by atomic mass is 32.2. The molecule has 0 saturated carbocycles. The summed E-state index contributed by atoms with van der Waals surface area (Å²) in [6.07, 6.45) is 2.88. The van der Waals surface area contributed by atoms with Crippen LogP contribution in [0.2, 0.25) is 0 Å². The molecule has 1 amide bonds. The lowest BCUT2D eigenvalue weighted by atomic mass is 9.97. The number of aryl methyl sites for hydroxylation is 1. The number of rotatable bonds is 5. The van der Waals surface area contributed by atoms with E-state index < -0.39 is 0 Å². The second kappa shape index (κ2) is 9.52. The van der Waals surface area contributed by atoms with Crippen molar-refractivity contribution in [3.05, 3.63) is 58.5 Å². The number of ether oxygens (including phenoxy) is 1. The number of benzene rings is 1. The number of pyridine rings is 1. The van der Waals surface area contributed by atoms with Gasteiger partial charge in [-0.2, -0.15) is 0 Å². The Morgan fingerprint density at radius 2 is 1.91 bits per heavy atom. The Bertz CT molecular complexity index is 1200. The Morgan fingerprint density at radius 3 is 2.59 bits per heavy atom. The van der Waals surface area contributed by atoms with E-state index in [4.69, 9.17) is 4.74 Å². The van der Waals surface area contributed by atoms with Crippen molar-refractivity contribution in [1.29, 1.82) is 0 Å². The standard InChI is InChI=1S/C23H24N4O4S/c1-15-7-8-19(24-13-15)27-21(29)17-5-3-4-6-18(17)25-23(27)32-14-20(28)26-11-9-16(10-12-26)22(30)31-2/h3-8,13,16H,9-12,14H2,1-2H3. The molecule has 3 aromatic rings. The minimum absolute atomic E-state index is 0.0517. The van der Waals surface area contributed by atoms with Crippen molar-refractivity contribution in [1.82, 2.24) is 19.4 Å². The van der Waals surface area contributed by atoms with Crippen molar-refractivity contribution in [3.63, 3.8) is 0 Å². The van der Waals surface area contributed by atoms with Crippen molar-refractivity contribution < 1.29 is 14.3 Å². The van der Waals surface area contributed by atoms with Crippen LogP contribution >= 0.6 is 11.8 Å². The molecule has 32 heavy (non-hydrogen) atoms. The summed E-state index contributed by atoms with van der Waals surface area (Å²) < 4.78 is 6.27. The maximum atomic E-state index is 13.2. The van der Waals surface area contributed by atoms with Gasteiger partial charge in [0.1, 0.15) is 5.82 Å². The number of esters is 1. The Hall–Kier alpha value is -3.20. The van der Waals surface area contributed by atoms with E-state index in [1.165, 1.54) is 23.4 Å². The van der Waals surface area contributed by atoms with Crippen molar-refractivity contribution in [2.45, 2.75) is 24.9 Å². The van der Waals surface area contributed by atoms with Crippen LogP contribution in [0.3, 0.4) is 0 Å². The number of carbonyl (C=O) groups is 2. The van der Waals surface area contributed by atoms with Crippen LogP contribution in [0.15, 0.2) is 52.5 Å². The fourth-order valence-corrected chi connectivity index (χ4v) is 4.66. The number of piperidine rings is 1. The van der Waals surface area contributed by atoms with E-state index in [1.54, 1.807) is 35.4 Å². The number of carbonyl (C=O) groups excluding carboxylic acids is 2. The summed E-state index contributed by atoms with van der Waals surface area (Å²) in [5, 5.41) is 0.915. The minimum atomic E-state index is -0.221. The van der Waals surface area contributed by atoms with Crippen LogP contribution in [0.25, 0.3) is 16.7 Å². The van der Waals surface area contributed by atoms with Crippen molar-refractivity contribution >= 4 is 34.5 Å². The summed E-state index contributed by atoms with van der Waals surface area (Å²) >= 11 is 1.22. The van der Waals surface area contributed by atoms with Gasteiger partial charge in [0, 0.05) is 19.3 Å². The Labute approximate surface area is 189 Å². The molecule has 0 aliphatic carbocycles. The Balaban J connectivity index is 1.57. The highest BCUT2D eigenvalue weighted by Crippen LogP contribution is 2.23. The van der Waals surface area contributed by atoms with E-state index in [9.17, 15) is 14.4 Å². The van der Waals surface area contributed by atoms with Gasteiger partial charge in [0.25, 0.3) is 5.56 Å². The van der Waals surface area contributed by atoms with Gasteiger partial charge in [-0.05, 0) is 43.5 Å². The summed E-state index contributed by atoms with van der Waals surface area (Å²) in [6.45, 7) is 2.95. The Morgan fingerprint density at radius 1 is 1.16 bits per heavy atom. The van der Waals surface area contributed by atoms with Gasteiger partial charge in [-0.25, -0.2) is 14.5 Å². The fraction of sp³-hybridized carbons (Fsp3) is 0.348. The largest absolute Gasteiger partial charge is 0.469 e. The lowest BCUT2D eigenvalue weighted by Crippen LogP contribution is -2.41. The molecule has 0 radical (unpaired) electrons. The summed E-state index contributed by atoms with van der Waals surface area (Å²) in [4.78, 5) is 48.6. The van der Waals surface area contributed by atoms with Crippen LogP contribution in [-0.2, 0) is 14.3 Å². The van der Waals surface area contributed by atoms with E-state index in [1.807, 2.05) is 19.1 Å². The zero-order valence-corrected chi connectivity index (χ0v) is 18.8. The topological polar surface area (TPSA) is 94.4 Å². The summed E-state index contributed by atoms with van der Waals surface area (Å²) in [6, 6.07) is 10.8. The molecule has 9 heteroatoms. The third-order valence-electron chi connectivity index (χ3n) is 5.58. The number of amides is 1. The lowest BCUT2D eigenvalue weighted by Gasteiger charge is -2.30. The smallest absolute Gasteiger partial charge is 0.308 e. The third-order valence-corrected chi connectivity index (χ3v) is 6.50. The lowest BCUT2D eigenvalue weighted by molar-refractivity contribution is -0.148. The molecule has 4 rings (SSSR count). The van der Waals surface area contributed by atoms with Gasteiger partial charge in [-0.3, -0.25) is 14.4 Å². The first-order valence-corrected chi connectivity index (χ1v) is 11.4. The number of thioether (sulfide) groups is 1. The molecular weight excluding hydrogens is 428 g/mol. The molecule has 2 aromatic heterocycles. The van der Waals surface area contributed by atoms with Gasteiger partial charge in [0.05, 0.1) is 29.7 Å². The highest BCUT2D eigenvalue weighted by molar-refractivity contribution is 7.99. The number of methoxy groups -OCH3 is 1. The van der Waals surface area contributed by atoms with Gasteiger partial charge in [0.15, 0.2) is 5.16 Å². The van der Waals surface area contributed by atoms with Crippen LogP contribution < -0.4 is 5.56 Å². The van der Waals surface area contributed by atoms with Crippen LogP contribution in [-0.4, -0.2) is 57.3 Å². The monoisotopic (exact) mass is 452 g/mol. The molecule has 1 saturated heterocycles. The SMILES string of the molecule is COC(=O)C1CCN(C(=O)CSc2nc3ccccc3c(=O)n2-c2ccc(C)cn2)CC1. The van der Waals surface area contributed by atoms with Crippen molar-refractivity contribution in [3.8, 4) is 5.82 Å². The molecular formula is C23H24N4O4S. The molecule has 0 unspecified atom stereocenters. The number of nitrogens with zero attached hydrogens (tertiary/aromatic N) is 4. The predicted molar refractivity (Wildman–Crippen MR) is 122 cm³/mol. The van der Waals surface area contributed by atoms with Gasteiger partial charge in [-0.1, -0.05) is 30.0 Å². The molecule has 0 N–H and O–H groups in total. The molecule has 0 spiro atoms. The van der Waals surface area contributed by atoms with Crippen LogP contribution in [0.5, 0.6) is 0 Å². The summed E-state index contributed by atoms with van der Waals surface area (Å²) in [7, 11) is 1.38. The number of likely N-dealkylation sites (tertiary alicyclic amines) is 1. The van der Waals surface area contributed by atoms with Crippen molar-refractivity contribution in [2.24, 2.45) is 5.92 Å². The second-order valence-electron chi connectivity index (χ2n) is 7.71. The number of fused-ring (bicyclic) bond motifs is 1. The predicted octanol–water partition coefficient (Wildman–Crippen LogP) is 2.59. The van der Waals surface area contributed by atoms with E-state index in [0.29, 0.717) is 47.8 Å². The number of hydrogen-bond donors (Lipinski definition) is 0. The van der Waals surface area contributed by atoms with Gasteiger partial charge in [0.2, 0.25) is 5.91 Å². The molecule has 166 valence electrons. The molecule has 1 aromatic carbocycles. The summed E-state index contributed by atoms with van der Waals surface area (Å²) in [5.41, 5.74) is 1.34. The minimum Gasteiger partial charge on any atom is -0.469 e. The van der Waals surface area contributed by atoms with Gasteiger partial charge in [-0.15, -0.1) is 0 Å². The molecule has 1 fully saturated rings. The fourth-order valence-electron chi connectivity index (χ4n) is 3.75. The average Bonchev–Trinajstić information content (AvgIpc) is 2.83. The first-order chi connectivity index (χ1) is 15.5.